The van der Waals surface area contributed by atoms with Crippen LogP contribution in [0.15, 0.2) is 18.2 Å². The smallest absolute Gasteiger partial charge is 0.258 e. The lowest BCUT2D eigenvalue weighted by atomic mass is 10.1. The molecule has 0 bridgehead atoms. The van der Waals surface area contributed by atoms with Crippen LogP contribution in [0.2, 0.25) is 19.6 Å². The van der Waals surface area contributed by atoms with E-state index >= 15 is 0 Å². The molecule has 0 spiro atoms. The van der Waals surface area contributed by atoms with Crippen LogP contribution in [0.1, 0.15) is 34.6 Å². The lowest BCUT2D eigenvalue weighted by Gasteiger charge is -2.33. The van der Waals surface area contributed by atoms with Crippen molar-refractivity contribution in [3.8, 4) is 5.75 Å². The Morgan fingerprint density at radius 2 is 1.95 bits per heavy atom. The Morgan fingerprint density at radius 1 is 1.33 bits per heavy atom. The van der Waals surface area contributed by atoms with Gasteiger partial charge >= 0.3 is 0 Å². The molecule has 1 amide bonds. The first kappa shape index (κ1) is 17.4. The number of hydrogen-bond donors (Lipinski definition) is 0. The summed E-state index contributed by atoms with van der Waals surface area (Å²) >= 11 is 0. The standard InChI is InChI=1S/C16H25NO3Si/c1-12(2)17(11-21(4,5)6)16(19)15-13(10-18)8-7-9-14(15)20-3/h7-10,12H,11H2,1-6H3. The second kappa shape index (κ2) is 6.89. The van der Waals surface area contributed by atoms with Crippen molar-refractivity contribution in [2.75, 3.05) is 13.3 Å². The largest absolute Gasteiger partial charge is 0.496 e. The minimum absolute atomic E-state index is 0.0774. The summed E-state index contributed by atoms with van der Waals surface area (Å²) in [5.41, 5.74) is 0.738. The van der Waals surface area contributed by atoms with Gasteiger partial charge in [0, 0.05) is 17.8 Å². The number of amides is 1. The second-order valence-electron chi connectivity index (χ2n) is 6.63. The molecular formula is C16H25NO3Si. The Labute approximate surface area is 128 Å². The molecule has 0 N–H and O–H groups in total. The fourth-order valence-electron chi connectivity index (χ4n) is 2.19. The van der Waals surface area contributed by atoms with E-state index in [1.807, 2.05) is 18.7 Å². The molecule has 0 saturated carbocycles. The molecule has 0 unspecified atom stereocenters. The first-order valence-electron chi connectivity index (χ1n) is 7.14. The van der Waals surface area contributed by atoms with E-state index in [-0.39, 0.29) is 11.9 Å². The number of carbonyl (C=O) groups is 2. The van der Waals surface area contributed by atoms with Crippen molar-refractivity contribution >= 4 is 20.3 Å². The molecule has 0 aliphatic rings. The maximum atomic E-state index is 12.9. The minimum Gasteiger partial charge on any atom is -0.496 e. The van der Waals surface area contributed by atoms with E-state index in [1.165, 1.54) is 7.11 Å². The van der Waals surface area contributed by atoms with Gasteiger partial charge in [0.1, 0.15) is 5.75 Å². The van der Waals surface area contributed by atoms with E-state index < -0.39 is 8.07 Å². The van der Waals surface area contributed by atoms with E-state index in [0.717, 1.165) is 6.17 Å². The van der Waals surface area contributed by atoms with Gasteiger partial charge in [-0.2, -0.15) is 0 Å². The van der Waals surface area contributed by atoms with Gasteiger partial charge in [-0.15, -0.1) is 0 Å². The van der Waals surface area contributed by atoms with Gasteiger partial charge in [-0.25, -0.2) is 0 Å². The van der Waals surface area contributed by atoms with Crippen molar-refractivity contribution < 1.29 is 14.3 Å². The van der Waals surface area contributed by atoms with Gasteiger partial charge in [-0.05, 0) is 19.9 Å². The van der Waals surface area contributed by atoms with Crippen LogP contribution in [0.5, 0.6) is 5.75 Å². The zero-order valence-corrected chi connectivity index (χ0v) is 14.8. The SMILES string of the molecule is COc1cccc(C=O)c1C(=O)N(C[Si](C)(C)C)C(C)C. The molecule has 0 heterocycles. The summed E-state index contributed by atoms with van der Waals surface area (Å²) in [5, 5.41) is 0. The van der Waals surface area contributed by atoms with E-state index in [1.54, 1.807) is 18.2 Å². The molecule has 0 aromatic heterocycles. The number of carbonyl (C=O) groups excluding carboxylic acids is 2. The lowest BCUT2D eigenvalue weighted by Crippen LogP contribution is -2.47. The van der Waals surface area contributed by atoms with Crippen LogP contribution in [0.4, 0.5) is 0 Å². The first-order chi connectivity index (χ1) is 9.71. The summed E-state index contributed by atoms with van der Waals surface area (Å²) in [6, 6.07) is 5.16. The quantitative estimate of drug-likeness (QED) is 0.599. The number of benzene rings is 1. The Bertz CT molecular complexity index is 521. The fourth-order valence-corrected chi connectivity index (χ4v) is 3.72. The third-order valence-electron chi connectivity index (χ3n) is 3.15. The zero-order valence-electron chi connectivity index (χ0n) is 13.8. The zero-order chi connectivity index (χ0) is 16.2. The average Bonchev–Trinajstić information content (AvgIpc) is 2.41. The Morgan fingerprint density at radius 3 is 2.38 bits per heavy atom. The highest BCUT2D eigenvalue weighted by Crippen LogP contribution is 2.24. The van der Waals surface area contributed by atoms with Gasteiger partial charge in [-0.3, -0.25) is 9.59 Å². The molecule has 116 valence electrons. The van der Waals surface area contributed by atoms with Crippen LogP contribution in [0.3, 0.4) is 0 Å². The number of rotatable bonds is 6. The number of nitrogens with zero attached hydrogens (tertiary/aromatic N) is 1. The summed E-state index contributed by atoms with van der Waals surface area (Å²) in [6.07, 6.45) is 1.46. The molecule has 1 rings (SSSR count). The number of methoxy groups -OCH3 is 1. The normalized spacial score (nSPS) is 11.4. The summed E-state index contributed by atoms with van der Waals surface area (Å²) < 4.78 is 5.27. The molecule has 1 aromatic carbocycles. The van der Waals surface area contributed by atoms with Crippen molar-refractivity contribution in [2.45, 2.75) is 39.5 Å². The number of hydrogen-bond acceptors (Lipinski definition) is 3. The molecule has 5 heteroatoms. The van der Waals surface area contributed by atoms with Gasteiger partial charge in [0.05, 0.1) is 20.7 Å². The molecule has 0 saturated heterocycles. The average molecular weight is 307 g/mol. The lowest BCUT2D eigenvalue weighted by molar-refractivity contribution is 0.0730. The molecule has 0 fully saturated rings. The molecule has 1 aromatic rings. The molecule has 0 aliphatic carbocycles. The summed E-state index contributed by atoms with van der Waals surface area (Å²) in [4.78, 5) is 26.0. The van der Waals surface area contributed by atoms with Crippen LogP contribution >= 0.6 is 0 Å². The van der Waals surface area contributed by atoms with Gasteiger partial charge < -0.3 is 9.64 Å². The van der Waals surface area contributed by atoms with Crippen LogP contribution in [0.25, 0.3) is 0 Å². The highest BCUT2D eigenvalue weighted by molar-refractivity contribution is 6.76. The molecule has 4 nitrogen and oxygen atoms in total. The van der Waals surface area contributed by atoms with Crippen molar-refractivity contribution in [1.29, 1.82) is 0 Å². The Hall–Kier alpha value is -1.62. The predicted octanol–water partition coefficient (Wildman–Crippen LogP) is 3.24. The van der Waals surface area contributed by atoms with Crippen LogP contribution in [-0.4, -0.2) is 44.5 Å². The molecular weight excluding hydrogens is 282 g/mol. The monoisotopic (exact) mass is 307 g/mol. The summed E-state index contributed by atoms with van der Waals surface area (Å²) in [7, 11) is 0.0549. The van der Waals surface area contributed by atoms with Gasteiger partial charge in [0.25, 0.3) is 5.91 Å². The highest BCUT2D eigenvalue weighted by Gasteiger charge is 2.28. The number of ether oxygens (including phenoxy) is 1. The van der Waals surface area contributed by atoms with Crippen molar-refractivity contribution in [3.63, 3.8) is 0 Å². The van der Waals surface area contributed by atoms with Crippen LogP contribution < -0.4 is 4.74 Å². The third-order valence-corrected chi connectivity index (χ3v) is 4.44. The maximum Gasteiger partial charge on any atom is 0.258 e. The first-order valence-corrected chi connectivity index (χ1v) is 10.8. The molecule has 21 heavy (non-hydrogen) atoms. The Kier molecular flexibility index (Phi) is 5.72. The molecule has 0 aliphatic heterocycles. The fraction of sp³-hybridized carbons (Fsp3) is 0.500. The van der Waals surface area contributed by atoms with Gasteiger partial charge in [-0.1, -0.05) is 31.8 Å². The Balaban J connectivity index is 3.30. The van der Waals surface area contributed by atoms with E-state index in [9.17, 15) is 9.59 Å². The molecule has 0 atom stereocenters. The predicted molar refractivity (Wildman–Crippen MR) is 87.9 cm³/mol. The second-order valence-corrected chi connectivity index (χ2v) is 12.1. The van der Waals surface area contributed by atoms with Crippen molar-refractivity contribution in [3.05, 3.63) is 29.3 Å². The van der Waals surface area contributed by atoms with Gasteiger partial charge in [0.15, 0.2) is 6.29 Å². The summed E-state index contributed by atoms with van der Waals surface area (Å²) in [5.74, 6) is 0.317. The van der Waals surface area contributed by atoms with E-state index in [2.05, 4.69) is 19.6 Å². The van der Waals surface area contributed by atoms with Crippen LogP contribution in [-0.2, 0) is 0 Å². The van der Waals surface area contributed by atoms with Crippen LogP contribution in [0, 0.1) is 0 Å². The minimum atomic E-state index is -1.46. The third kappa shape index (κ3) is 4.42. The molecule has 0 radical (unpaired) electrons. The van der Waals surface area contributed by atoms with E-state index in [4.69, 9.17) is 4.74 Å². The van der Waals surface area contributed by atoms with Crippen molar-refractivity contribution in [1.82, 2.24) is 4.90 Å². The van der Waals surface area contributed by atoms with E-state index in [0.29, 0.717) is 23.2 Å². The number of aldehydes is 1. The topological polar surface area (TPSA) is 46.6 Å². The van der Waals surface area contributed by atoms with Crippen molar-refractivity contribution in [2.24, 2.45) is 0 Å². The summed E-state index contributed by atoms with van der Waals surface area (Å²) in [6.45, 7) is 10.7. The highest BCUT2D eigenvalue weighted by atomic mass is 28.3. The maximum absolute atomic E-state index is 12.9. The van der Waals surface area contributed by atoms with Gasteiger partial charge in [0.2, 0.25) is 0 Å².